The van der Waals surface area contributed by atoms with Gasteiger partial charge < -0.3 is 10.2 Å². The summed E-state index contributed by atoms with van der Waals surface area (Å²) in [5.74, 6) is -0.0501. The van der Waals surface area contributed by atoms with Crippen molar-refractivity contribution in [3.63, 3.8) is 0 Å². The zero-order valence-electron chi connectivity index (χ0n) is 7.55. The molecule has 14 heavy (non-hydrogen) atoms. The quantitative estimate of drug-likeness (QED) is 0.823. The van der Waals surface area contributed by atoms with E-state index in [1.165, 1.54) is 6.26 Å². The molecular weight excluding hydrogens is 195 g/mol. The van der Waals surface area contributed by atoms with Crippen molar-refractivity contribution in [1.29, 1.82) is 0 Å². The van der Waals surface area contributed by atoms with Gasteiger partial charge in [0.25, 0.3) is 0 Å². The van der Waals surface area contributed by atoms with Crippen LogP contribution in [0.2, 0.25) is 0 Å². The minimum absolute atomic E-state index is 0.0141. The molecule has 0 unspecified atom stereocenters. The summed E-state index contributed by atoms with van der Waals surface area (Å²) in [4.78, 5) is 0. The molecule has 1 atom stereocenters. The second-order valence-corrected chi connectivity index (χ2v) is 3.20. The number of hydrogen-bond donors (Lipinski definition) is 1. The number of rotatable bonds is 4. The summed E-state index contributed by atoms with van der Waals surface area (Å²) >= 11 is 0. The van der Waals surface area contributed by atoms with Gasteiger partial charge in [-0.05, 0) is 24.6 Å². The Kier molecular flexibility index (Phi) is 3.57. The zero-order valence-corrected chi connectivity index (χ0v) is 7.55. The van der Waals surface area contributed by atoms with Crippen LogP contribution in [0, 0.1) is 5.92 Å². The first-order valence-electron chi connectivity index (χ1n) is 4.30. The van der Waals surface area contributed by atoms with Crippen molar-refractivity contribution >= 4 is 0 Å². The molecule has 2 N–H and O–H groups in total. The van der Waals surface area contributed by atoms with Gasteiger partial charge in [-0.3, -0.25) is 0 Å². The van der Waals surface area contributed by atoms with Gasteiger partial charge in [0.1, 0.15) is 5.76 Å². The van der Waals surface area contributed by atoms with E-state index < -0.39 is 18.5 Å². The number of hydrogen-bond acceptors (Lipinski definition) is 2. The van der Waals surface area contributed by atoms with Crippen molar-refractivity contribution in [2.45, 2.75) is 19.0 Å². The molecule has 0 aliphatic rings. The highest BCUT2D eigenvalue weighted by atomic mass is 19.4. The standard InChI is InChI=1S/C9H12F3NO/c10-9(11,12)5-7(6-13)4-8-2-1-3-14-8/h1-3,7H,4-6,13H2/t7-/m1/s1. The Balaban J connectivity index is 2.47. The van der Waals surface area contributed by atoms with Gasteiger partial charge in [0.15, 0.2) is 0 Å². The van der Waals surface area contributed by atoms with Gasteiger partial charge in [-0.1, -0.05) is 0 Å². The van der Waals surface area contributed by atoms with Gasteiger partial charge in [-0.2, -0.15) is 13.2 Å². The van der Waals surface area contributed by atoms with Gasteiger partial charge in [0, 0.05) is 12.8 Å². The summed E-state index contributed by atoms with van der Waals surface area (Å²) in [6.07, 6.45) is -3.33. The Bertz CT molecular complexity index is 256. The average molecular weight is 207 g/mol. The molecule has 5 heteroatoms. The minimum Gasteiger partial charge on any atom is -0.469 e. The topological polar surface area (TPSA) is 39.2 Å². The highest BCUT2D eigenvalue weighted by Crippen LogP contribution is 2.26. The van der Waals surface area contributed by atoms with Crippen LogP contribution < -0.4 is 5.73 Å². The number of furan rings is 1. The van der Waals surface area contributed by atoms with Crippen molar-refractivity contribution in [2.24, 2.45) is 11.7 Å². The van der Waals surface area contributed by atoms with Crippen molar-refractivity contribution < 1.29 is 17.6 Å². The first kappa shape index (κ1) is 11.1. The lowest BCUT2D eigenvalue weighted by Crippen LogP contribution is -2.23. The molecule has 0 saturated carbocycles. The summed E-state index contributed by atoms with van der Waals surface area (Å²) in [5, 5.41) is 0. The van der Waals surface area contributed by atoms with E-state index in [1.807, 2.05) is 0 Å². The Hall–Kier alpha value is -0.970. The Morgan fingerprint density at radius 3 is 2.57 bits per heavy atom. The Labute approximate surface area is 79.9 Å². The molecule has 0 fully saturated rings. The fourth-order valence-electron chi connectivity index (χ4n) is 1.28. The molecule has 1 rings (SSSR count). The molecule has 1 heterocycles. The lowest BCUT2D eigenvalue weighted by molar-refractivity contribution is -0.143. The molecule has 0 aliphatic carbocycles. The maximum absolute atomic E-state index is 12.0. The maximum Gasteiger partial charge on any atom is 0.389 e. The third-order valence-electron chi connectivity index (χ3n) is 1.92. The molecule has 80 valence electrons. The predicted molar refractivity (Wildman–Crippen MR) is 45.6 cm³/mol. The molecule has 1 aromatic rings. The smallest absolute Gasteiger partial charge is 0.389 e. The highest BCUT2D eigenvalue weighted by Gasteiger charge is 2.31. The van der Waals surface area contributed by atoms with E-state index in [4.69, 9.17) is 10.2 Å². The van der Waals surface area contributed by atoms with Gasteiger partial charge in [-0.25, -0.2) is 0 Å². The Morgan fingerprint density at radius 1 is 1.43 bits per heavy atom. The molecular formula is C9H12F3NO. The van der Waals surface area contributed by atoms with Crippen molar-refractivity contribution in [2.75, 3.05) is 6.54 Å². The van der Waals surface area contributed by atoms with E-state index in [-0.39, 0.29) is 13.0 Å². The normalized spacial score (nSPS) is 14.3. The van der Waals surface area contributed by atoms with E-state index in [9.17, 15) is 13.2 Å². The minimum atomic E-state index is -4.16. The van der Waals surface area contributed by atoms with Gasteiger partial charge in [0.05, 0.1) is 6.26 Å². The van der Waals surface area contributed by atoms with E-state index >= 15 is 0 Å². The number of alkyl halides is 3. The van der Waals surface area contributed by atoms with Crippen molar-refractivity contribution in [1.82, 2.24) is 0 Å². The van der Waals surface area contributed by atoms with Crippen LogP contribution in [0.3, 0.4) is 0 Å². The first-order chi connectivity index (χ1) is 6.51. The largest absolute Gasteiger partial charge is 0.469 e. The van der Waals surface area contributed by atoms with Crippen LogP contribution in [0.5, 0.6) is 0 Å². The summed E-state index contributed by atoms with van der Waals surface area (Å²) < 4.78 is 41.1. The molecule has 1 aromatic heterocycles. The molecule has 0 aliphatic heterocycles. The van der Waals surface area contributed by atoms with Gasteiger partial charge in [0.2, 0.25) is 0 Å². The second kappa shape index (κ2) is 4.50. The Morgan fingerprint density at radius 2 is 2.14 bits per heavy atom. The monoisotopic (exact) mass is 207 g/mol. The van der Waals surface area contributed by atoms with Crippen LogP contribution in [0.15, 0.2) is 22.8 Å². The van der Waals surface area contributed by atoms with Crippen LogP contribution in [0.1, 0.15) is 12.2 Å². The van der Waals surface area contributed by atoms with Crippen LogP contribution in [-0.2, 0) is 6.42 Å². The fourth-order valence-corrected chi connectivity index (χ4v) is 1.28. The molecule has 0 aromatic carbocycles. The number of halogens is 3. The summed E-state index contributed by atoms with van der Waals surface area (Å²) in [6.45, 7) is 0.0141. The maximum atomic E-state index is 12.0. The van der Waals surface area contributed by atoms with E-state index in [0.29, 0.717) is 5.76 Å². The van der Waals surface area contributed by atoms with E-state index in [1.54, 1.807) is 12.1 Å². The molecule has 0 amide bonds. The second-order valence-electron chi connectivity index (χ2n) is 3.20. The highest BCUT2D eigenvalue weighted by molar-refractivity contribution is 4.99. The average Bonchev–Trinajstić information content (AvgIpc) is 2.53. The summed E-state index contributed by atoms with van der Waals surface area (Å²) in [5.41, 5.74) is 5.25. The molecule has 2 nitrogen and oxygen atoms in total. The van der Waals surface area contributed by atoms with Crippen molar-refractivity contribution in [3.05, 3.63) is 24.2 Å². The zero-order chi connectivity index (χ0) is 10.6. The third-order valence-corrected chi connectivity index (χ3v) is 1.92. The fraction of sp³-hybridized carbons (Fsp3) is 0.556. The van der Waals surface area contributed by atoms with Crippen LogP contribution in [0.4, 0.5) is 13.2 Å². The third kappa shape index (κ3) is 3.83. The summed E-state index contributed by atoms with van der Waals surface area (Å²) in [7, 11) is 0. The molecule has 0 saturated heterocycles. The summed E-state index contributed by atoms with van der Waals surface area (Å²) in [6, 6.07) is 3.30. The lowest BCUT2D eigenvalue weighted by Gasteiger charge is -2.15. The van der Waals surface area contributed by atoms with E-state index in [0.717, 1.165) is 0 Å². The van der Waals surface area contributed by atoms with Crippen LogP contribution >= 0.6 is 0 Å². The molecule has 0 radical (unpaired) electrons. The molecule has 0 bridgehead atoms. The van der Waals surface area contributed by atoms with Gasteiger partial charge >= 0.3 is 6.18 Å². The van der Waals surface area contributed by atoms with E-state index in [2.05, 4.69) is 0 Å². The number of nitrogens with two attached hydrogens (primary N) is 1. The van der Waals surface area contributed by atoms with Crippen LogP contribution in [0.25, 0.3) is 0 Å². The van der Waals surface area contributed by atoms with Crippen molar-refractivity contribution in [3.8, 4) is 0 Å². The predicted octanol–water partition coefficient (Wildman–Crippen LogP) is 2.35. The SMILES string of the molecule is NC[C@H](Cc1ccco1)CC(F)(F)F. The van der Waals surface area contributed by atoms with Gasteiger partial charge in [-0.15, -0.1) is 0 Å². The molecule has 0 spiro atoms. The lowest BCUT2D eigenvalue weighted by atomic mass is 10.00. The van der Waals surface area contributed by atoms with Crippen LogP contribution in [-0.4, -0.2) is 12.7 Å². The first-order valence-corrected chi connectivity index (χ1v) is 4.30.